The molecule has 2 N–H and O–H groups in total. The van der Waals surface area contributed by atoms with Crippen LogP contribution >= 0.6 is 27.3 Å². The Morgan fingerprint density at radius 3 is 2.62 bits per heavy atom. The monoisotopic (exact) mass is 429 g/mol. The summed E-state index contributed by atoms with van der Waals surface area (Å²) in [6, 6.07) is 11.5. The SMILES string of the molecule is O=C(NCc1c(-n2cccc2)sc2c1CCCC2)Nc1ccc(Br)cc1. The zero-order chi connectivity index (χ0) is 17.9. The van der Waals surface area contributed by atoms with Crippen molar-refractivity contribution < 1.29 is 4.79 Å². The van der Waals surface area contributed by atoms with Crippen molar-refractivity contribution in [2.45, 2.75) is 32.2 Å². The molecule has 0 aliphatic heterocycles. The lowest BCUT2D eigenvalue weighted by atomic mass is 9.95. The molecule has 26 heavy (non-hydrogen) atoms. The van der Waals surface area contributed by atoms with E-state index in [1.54, 1.807) is 0 Å². The highest BCUT2D eigenvalue weighted by Crippen LogP contribution is 2.36. The van der Waals surface area contributed by atoms with Gasteiger partial charge in [-0.05, 0) is 67.6 Å². The molecule has 0 saturated carbocycles. The number of halogens is 1. The number of thiophene rings is 1. The zero-order valence-electron chi connectivity index (χ0n) is 14.3. The molecule has 0 spiro atoms. The predicted molar refractivity (Wildman–Crippen MR) is 110 cm³/mol. The van der Waals surface area contributed by atoms with Crippen LogP contribution in [0.25, 0.3) is 5.00 Å². The van der Waals surface area contributed by atoms with Crippen LogP contribution in [0.1, 0.15) is 28.8 Å². The second-order valence-corrected chi connectivity index (χ2v) is 8.40. The molecular formula is C20H20BrN3OS. The smallest absolute Gasteiger partial charge is 0.319 e. The Morgan fingerprint density at radius 2 is 1.85 bits per heavy atom. The number of aromatic nitrogens is 1. The number of anilines is 1. The van der Waals surface area contributed by atoms with Crippen LogP contribution in [0.5, 0.6) is 0 Å². The first-order chi connectivity index (χ1) is 12.7. The van der Waals surface area contributed by atoms with Crippen molar-refractivity contribution in [2.24, 2.45) is 0 Å². The van der Waals surface area contributed by atoms with Crippen LogP contribution < -0.4 is 10.6 Å². The molecule has 134 valence electrons. The van der Waals surface area contributed by atoms with Crippen LogP contribution in [0.4, 0.5) is 10.5 Å². The minimum Gasteiger partial charge on any atom is -0.334 e. The molecule has 0 fully saturated rings. The van der Waals surface area contributed by atoms with Gasteiger partial charge in [-0.2, -0.15) is 0 Å². The lowest BCUT2D eigenvalue weighted by molar-refractivity contribution is 0.251. The standard InChI is InChI=1S/C20H20BrN3OS/c21-14-7-9-15(10-8-14)23-20(25)22-13-17-16-5-1-2-6-18(16)26-19(17)24-11-3-4-12-24/h3-4,7-12H,1-2,5-6,13H2,(H2,22,23,25). The summed E-state index contributed by atoms with van der Waals surface area (Å²) < 4.78 is 3.15. The number of hydrogen-bond donors (Lipinski definition) is 2. The first kappa shape index (κ1) is 17.4. The minimum absolute atomic E-state index is 0.179. The summed E-state index contributed by atoms with van der Waals surface area (Å²) in [6.45, 7) is 0.543. The zero-order valence-corrected chi connectivity index (χ0v) is 16.7. The van der Waals surface area contributed by atoms with Crippen molar-refractivity contribution in [3.05, 3.63) is 69.3 Å². The van der Waals surface area contributed by atoms with Crippen molar-refractivity contribution in [3.63, 3.8) is 0 Å². The molecule has 0 unspecified atom stereocenters. The van der Waals surface area contributed by atoms with Crippen LogP contribution in [0, 0.1) is 0 Å². The number of nitrogens with one attached hydrogen (secondary N) is 2. The lowest BCUT2D eigenvalue weighted by Crippen LogP contribution is -2.28. The molecule has 0 atom stereocenters. The third-order valence-corrected chi connectivity index (χ3v) is 6.50. The maximum Gasteiger partial charge on any atom is 0.319 e. The van der Waals surface area contributed by atoms with Gasteiger partial charge in [0.05, 0.1) is 0 Å². The van der Waals surface area contributed by atoms with Gasteiger partial charge in [0.15, 0.2) is 0 Å². The van der Waals surface area contributed by atoms with Gasteiger partial charge in [-0.1, -0.05) is 15.9 Å². The molecule has 0 bridgehead atoms. The molecular weight excluding hydrogens is 410 g/mol. The fourth-order valence-electron chi connectivity index (χ4n) is 3.35. The van der Waals surface area contributed by atoms with E-state index in [0.29, 0.717) is 6.54 Å². The first-order valence-corrected chi connectivity index (χ1v) is 10.4. The van der Waals surface area contributed by atoms with Crippen molar-refractivity contribution in [1.29, 1.82) is 0 Å². The van der Waals surface area contributed by atoms with Gasteiger partial charge in [-0.3, -0.25) is 0 Å². The van der Waals surface area contributed by atoms with Gasteiger partial charge in [-0.25, -0.2) is 4.79 Å². The van der Waals surface area contributed by atoms with Gasteiger partial charge in [0.2, 0.25) is 0 Å². The third kappa shape index (κ3) is 3.71. The summed E-state index contributed by atoms with van der Waals surface area (Å²) in [6.07, 6.45) is 8.89. The maximum atomic E-state index is 12.3. The number of urea groups is 1. The highest BCUT2D eigenvalue weighted by atomic mass is 79.9. The van der Waals surface area contributed by atoms with Crippen molar-refractivity contribution in [1.82, 2.24) is 9.88 Å². The summed E-state index contributed by atoms with van der Waals surface area (Å²) in [7, 11) is 0. The highest BCUT2D eigenvalue weighted by molar-refractivity contribution is 9.10. The van der Waals surface area contributed by atoms with Crippen molar-refractivity contribution in [2.75, 3.05) is 5.32 Å². The Hall–Kier alpha value is -2.05. The largest absolute Gasteiger partial charge is 0.334 e. The molecule has 6 heteroatoms. The molecule has 1 aromatic carbocycles. The quantitative estimate of drug-likeness (QED) is 0.564. The molecule has 0 saturated heterocycles. The summed E-state index contributed by atoms with van der Waals surface area (Å²) in [5, 5.41) is 7.15. The van der Waals surface area contributed by atoms with Crippen LogP contribution in [0.15, 0.2) is 53.3 Å². The second kappa shape index (κ2) is 7.68. The molecule has 1 aliphatic carbocycles. The number of nitrogens with zero attached hydrogens (tertiary/aromatic N) is 1. The molecule has 2 heterocycles. The van der Waals surface area contributed by atoms with E-state index in [2.05, 4.69) is 43.5 Å². The van der Waals surface area contributed by atoms with Crippen LogP contribution in [-0.2, 0) is 19.4 Å². The van der Waals surface area contributed by atoms with Crippen LogP contribution in [0.2, 0.25) is 0 Å². The Labute approximate surface area is 165 Å². The molecule has 2 aromatic heterocycles. The first-order valence-electron chi connectivity index (χ1n) is 8.78. The van der Waals surface area contributed by atoms with Gasteiger partial charge in [0.25, 0.3) is 0 Å². The summed E-state index contributed by atoms with van der Waals surface area (Å²) in [5.41, 5.74) is 3.48. The van der Waals surface area contributed by atoms with E-state index in [1.165, 1.54) is 33.8 Å². The van der Waals surface area contributed by atoms with E-state index in [9.17, 15) is 4.79 Å². The van der Waals surface area contributed by atoms with Crippen LogP contribution in [0.3, 0.4) is 0 Å². The fraction of sp³-hybridized carbons (Fsp3) is 0.250. The predicted octanol–water partition coefficient (Wildman–Crippen LogP) is 5.50. The molecule has 2 amide bonds. The molecule has 3 aromatic rings. The molecule has 0 radical (unpaired) electrons. The van der Waals surface area contributed by atoms with E-state index in [1.807, 2.05) is 47.7 Å². The van der Waals surface area contributed by atoms with Gasteiger partial charge >= 0.3 is 6.03 Å². The average Bonchev–Trinajstić information content (AvgIpc) is 3.29. The van der Waals surface area contributed by atoms with E-state index >= 15 is 0 Å². The van der Waals surface area contributed by atoms with E-state index in [4.69, 9.17) is 0 Å². The van der Waals surface area contributed by atoms with Gasteiger partial charge in [-0.15, -0.1) is 11.3 Å². The number of aryl methyl sites for hydroxylation is 1. The number of hydrogen-bond acceptors (Lipinski definition) is 2. The number of fused-ring (bicyclic) bond motifs is 1. The van der Waals surface area contributed by atoms with E-state index in [0.717, 1.165) is 23.0 Å². The number of rotatable bonds is 4. The van der Waals surface area contributed by atoms with Gasteiger partial charge < -0.3 is 15.2 Å². The molecule has 4 rings (SSSR count). The molecule has 1 aliphatic rings. The third-order valence-electron chi connectivity index (χ3n) is 4.63. The van der Waals surface area contributed by atoms with Crippen molar-refractivity contribution >= 4 is 39.0 Å². The average molecular weight is 430 g/mol. The summed E-state index contributed by atoms with van der Waals surface area (Å²) in [4.78, 5) is 13.8. The van der Waals surface area contributed by atoms with Crippen LogP contribution in [-0.4, -0.2) is 10.6 Å². The second-order valence-electron chi connectivity index (χ2n) is 6.40. The van der Waals surface area contributed by atoms with E-state index < -0.39 is 0 Å². The Bertz CT molecular complexity index is 900. The number of benzene rings is 1. The number of carbonyl (C=O) groups is 1. The normalized spacial score (nSPS) is 13.3. The minimum atomic E-state index is -0.179. The molecule has 4 nitrogen and oxygen atoms in total. The van der Waals surface area contributed by atoms with Gasteiger partial charge in [0, 0.05) is 39.5 Å². The summed E-state index contributed by atoms with van der Waals surface area (Å²) in [5.74, 6) is 0. The lowest BCUT2D eigenvalue weighted by Gasteiger charge is -2.14. The highest BCUT2D eigenvalue weighted by Gasteiger charge is 2.21. The summed E-state index contributed by atoms with van der Waals surface area (Å²) >= 11 is 5.26. The van der Waals surface area contributed by atoms with E-state index in [-0.39, 0.29) is 6.03 Å². The Morgan fingerprint density at radius 1 is 1.12 bits per heavy atom. The van der Waals surface area contributed by atoms with Crippen molar-refractivity contribution in [3.8, 4) is 5.00 Å². The maximum absolute atomic E-state index is 12.3. The topological polar surface area (TPSA) is 46.1 Å². The number of amides is 2. The fourth-order valence-corrected chi connectivity index (χ4v) is 4.99. The Balaban J connectivity index is 1.51. The Kier molecular flexibility index (Phi) is 5.13. The number of carbonyl (C=O) groups excluding carboxylic acids is 1. The van der Waals surface area contributed by atoms with Gasteiger partial charge in [0.1, 0.15) is 5.00 Å².